The molecular formula is C14H10Br2N2O. The molecule has 0 amide bonds. The monoisotopic (exact) mass is 380 g/mol. The highest BCUT2D eigenvalue weighted by molar-refractivity contribution is 9.10. The zero-order chi connectivity index (χ0) is 13.8. The van der Waals surface area contributed by atoms with Crippen LogP contribution < -0.4 is 10.1 Å². The molecule has 2 aromatic carbocycles. The summed E-state index contributed by atoms with van der Waals surface area (Å²) in [6.07, 6.45) is 0. The van der Waals surface area contributed by atoms with Gasteiger partial charge in [0.25, 0.3) is 0 Å². The predicted octanol–water partition coefficient (Wildman–Crippen LogP) is 4.84. The quantitative estimate of drug-likeness (QED) is 0.827. The van der Waals surface area contributed by atoms with Gasteiger partial charge in [0.05, 0.1) is 22.8 Å². The number of rotatable bonds is 3. The van der Waals surface area contributed by atoms with Gasteiger partial charge >= 0.3 is 0 Å². The lowest BCUT2D eigenvalue weighted by atomic mass is 10.2. The van der Waals surface area contributed by atoms with Crippen molar-refractivity contribution in [2.75, 3.05) is 12.4 Å². The fraction of sp³-hybridized carbons (Fsp3) is 0.0714. The number of benzene rings is 2. The highest BCUT2D eigenvalue weighted by Crippen LogP contribution is 2.30. The fourth-order valence-electron chi connectivity index (χ4n) is 1.62. The van der Waals surface area contributed by atoms with Crippen LogP contribution in [0.25, 0.3) is 0 Å². The maximum Gasteiger partial charge on any atom is 0.133 e. The molecule has 5 heteroatoms. The first-order chi connectivity index (χ1) is 9.13. The van der Waals surface area contributed by atoms with Gasteiger partial charge in [0.15, 0.2) is 0 Å². The van der Waals surface area contributed by atoms with Gasteiger partial charge in [-0.05, 0) is 52.3 Å². The molecule has 0 aliphatic heterocycles. The lowest BCUT2D eigenvalue weighted by Crippen LogP contribution is -1.94. The second-order valence-electron chi connectivity index (χ2n) is 3.78. The number of hydrogen-bond acceptors (Lipinski definition) is 3. The van der Waals surface area contributed by atoms with Crippen LogP contribution in [0.1, 0.15) is 5.56 Å². The number of hydrogen-bond donors (Lipinski definition) is 1. The number of ether oxygens (including phenoxy) is 1. The van der Waals surface area contributed by atoms with Crippen molar-refractivity contribution in [1.29, 1.82) is 5.26 Å². The van der Waals surface area contributed by atoms with Gasteiger partial charge in [-0.15, -0.1) is 0 Å². The first kappa shape index (κ1) is 13.9. The summed E-state index contributed by atoms with van der Waals surface area (Å²) in [5.74, 6) is 0.764. The van der Waals surface area contributed by atoms with Crippen LogP contribution in [0, 0.1) is 11.3 Å². The maximum atomic E-state index is 9.09. The second-order valence-corrected chi connectivity index (χ2v) is 5.55. The minimum absolute atomic E-state index is 0.593. The summed E-state index contributed by atoms with van der Waals surface area (Å²) >= 11 is 6.83. The summed E-state index contributed by atoms with van der Waals surface area (Å²) in [6, 6.07) is 13.3. The normalized spacial score (nSPS) is 9.79. The molecule has 0 bridgehead atoms. The largest absolute Gasteiger partial charge is 0.496 e. The maximum absolute atomic E-state index is 9.09. The Hall–Kier alpha value is -1.51. The molecule has 2 aromatic rings. The summed E-state index contributed by atoms with van der Waals surface area (Å²) in [6.45, 7) is 0. The highest BCUT2D eigenvalue weighted by atomic mass is 79.9. The van der Waals surface area contributed by atoms with Crippen molar-refractivity contribution >= 4 is 43.2 Å². The van der Waals surface area contributed by atoms with Crippen molar-refractivity contribution in [2.24, 2.45) is 0 Å². The number of nitrogens with zero attached hydrogens (tertiary/aromatic N) is 1. The molecule has 0 aromatic heterocycles. The Balaban J connectivity index is 2.34. The average Bonchev–Trinajstić information content (AvgIpc) is 2.39. The van der Waals surface area contributed by atoms with Crippen LogP contribution in [0.2, 0.25) is 0 Å². The van der Waals surface area contributed by atoms with Gasteiger partial charge in [0.2, 0.25) is 0 Å². The van der Waals surface area contributed by atoms with E-state index < -0.39 is 0 Å². The van der Waals surface area contributed by atoms with E-state index >= 15 is 0 Å². The summed E-state index contributed by atoms with van der Waals surface area (Å²) in [5.41, 5.74) is 2.23. The predicted molar refractivity (Wildman–Crippen MR) is 82.8 cm³/mol. The van der Waals surface area contributed by atoms with Gasteiger partial charge in [0, 0.05) is 10.2 Å². The molecule has 0 aliphatic rings. The molecule has 3 nitrogen and oxygen atoms in total. The zero-order valence-electron chi connectivity index (χ0n) is 10.1. The second kappa shape index (κ2) is 6.09. The number of halogens is 2. The molecule has 96 valence electrons. The van der Waals surface area contributed by atoms with E-state index in [4.69, 9.17) is 10.00 Å². The van der Waals surface area contributed by atoms with Crippen molar-refractivity contribution in [3.05, 3.63) is 50.9 Å². The van der Waals surface area contributed by atoms with Gasteiger partial charge in [-0.25, -0.2) is 0 Å². The first-order valence-electron chi connectivity index (χ1n) is 5.44. The van der Waals surface area contributed by atoms with Gasteiger partial charge < -0.3 is 10.1 Å². The standard InChI is InChI=1S/C14H10Br2N2O/c1-19-14-5-4-11(7-12(14)16)18-13-6-10(15)3-2-9(13)8-17/h2-7,18H,1H3. The van der Waals surface area contributed by atoms with Crippen LogP contribution in [0.4, 0.5) is 11.4 Å². The van der Waals surface area contributed by atoms with Crippen molar-refractivity contribution in [3.63, 3.8) is 0 Å². The molecule has 0 radical (unpaired) electrons. The Morgan fingerprint density at radius 1 is 1.16 bits per heavy atom. The van der Waals surface area contributed by atoms with Crippen molar-refractivity contribution in [1.82, 2.24) is 0 Å². The van der Waals surface area contributed by atoms with E-state index in [0.29, 0.717) is 5.56 Å². The van der Waals surface area contributed by atoms with Crippen molar-refractivity contribution < 1.29 is 4.74 Å². The fourth-order valence-corrected chi connectivity index (χ4v) is 2.52. The van der Waals surface area contributed by atoms with Crippen molar-refractivity contribution in [3.8, 4) is 11.8 Å². The van der Waals surface area contributed by atoms with Crippen LogP contribution in [0.3, 0.4) is 0 Å². The third-order valence-electron chi connectivity index (χ3n) is 2.53. The van der Waals surface area contributed by atoms with E-state index in [-0.39, 0.29) is 0 Å². The number of methoxy groups -OCH3 is 1. The van der Waals surface area contributed by atoms with E-state index in [1.165, 1.54) is 0 Å². The van der Waals surface area contributed by atoms with Crippen molar-refractivity contribution in [2.45, 2.75) is 0 Å². The molecule has 0 aliphatic carbocycles. The number of nitrogens with one attached hydrogen (secondary N) is 1. The molecule has 0 saturated carbocycles. The number of nitriles is 1. The van der Waals surface area contributed by atoms with Crippen LogP contribution in [-0.2, 0) is 0 Å². The lowest BCUT2D eigenvalue weighted by Gasteiger charge is -2.10. The zero-order valence-corrected chi connectivity index (χ0v) is 13.2. The van der Waals surface area contributed by atoms with Gasteiger partial charge in [-0.1, -0.05) is 15.9 Å². The molecule has 2 rings (SSSR count). The van der Waals surface area contributed by atoms with Crippen LogP contribution in [0.5, 0.6) is 5.75 Å². The Bertz CT molecular complexity index is 650. The third kappa shape index (κ3) is 3.28. The molecule has 0 spiro atoms. The van der Waals surface area contributed by atoms with Gasteiger partial charge in [0.1, 0.15) is 11.8 Å². The van der Waals surface area contributed by atoms with Crippen LogP contribution in [-0.4, -0.2) is 7.11 Å². The Labute approximate surface area is 128 Å². The molecule has 1 N–H and O–H groups in total. The van der Waals surface area contributed by atoms with E-state index in [0.717, 1.165) is 26.1 Å². The van der Waals surface area contributed by atoms with E-state index in [1.807, 2.05) is 30.3 Å². The molecule has 0 unspecified atom stereocenters. The average molecular weight is 382 g/mol. The SMILES string of the molecule is COc1ccc(Nc2cc(Br)ccc2C#N)cc1Br. The van der Waals surface area contributed by atoms with Gasteiger partial charge in [-0.2, -0.15) is 5.26 Å². The third-order valence-corrected chi connectivity index (χ3v) is 3.65. The summed E-state index contributed by atoms with van der Waals surface area (Å²) in [5, 5.41) is 12.3. The van der Waals surface area contributed by atoms with E-state index in [2.05, 4.69) is 43.2 Å². The van der Waals surface area contributed by atoms with Gasteiger partial charge in [-0.3, -0.25) is 0 Å². The Morgan fingerprint density at radius 2 is 1.95 bits per heavy atom. The minimum Gasteiger partial charge on any atom is -0.496 e. The smallest absolute Gasteiger partial charge is 0.133 e. The highest BCUT2D eigenvalue weighted by Gasteiger charge is 2.05. The summed E-state index contributed by atoms with van der Waals surface area (Å²) in [4.78, 5) is 0. The van der Waals surface area contributed by atoms with Crippen LogP contribution >= 0.6 is 31.9 Å². The number of anilines is 2. The van der Waals surface area contributed by atoms with E-state index in [9.17, 15) is 0 Å². The molecule has 0 saturated heterocycles. The van der Waals surface area contributed by atoms with Crippen LogP contribution in [0.15, 0.2) is 45.3 Å². The van der Waals surface area contributed by atoms with E-state index in [1.54, 1.807) is 13.2 Å². The molecule has 0 heterocycles. The molecule has 0 fully saturated rings. The molecule has 0 atom stereocenters. The summed E-state index contributed by atoms with van der Waals surface area (Å²) in [7, 11) is 1.62. The summed E-state index contributed by atoms with van der Waals surface area (Å²) < 4.78 is 6.95. The lowest BCUT2D eigenvalue weighted by molar-refractivity contribution is 0.412. The Morgan fingerprint density at radius 3 is 2.58 bits per heavy atom. The minimum atomic E-state index is 0.593. The topological polar surface area (TPSA) is 45.0 Å². The molecular weight excluding hydrogens is 372 g/mol. The Kier molecular flexibility index (Phi) is 4.46. The first-order valence-corrected chi connectivity index (χ1v) is 7.03. The molecule has 19 heavy (non-hydrogen) atoms.